The van der Waals surface area contributed by atoms with Gasteiger partial charge in [-0.2, -0.15) is 0 Å². The molecule has 2 rings (SSSR count). The van der Waals surface area contributed by atoms with E-state index in [0.29, 0.717) is 19.8 Å². The van der Waals surface area contributed by atoms with Crippen LogP contribution in [0.5, 0.6) is 0 Å². The van der Waals surface area contributed by atoms with Crippen LogP contribution in [0.25, 0.3) is 0 Å². The van der Waals surface area contributed by atoms with Crippen molar-refractivity contribution >= 4 is 20.0 Å². The molecule has 90 valence electrons. The molecular formula is C8H17ClNO4P. The van der Waals surface area contributed by atoms with Crippen LogP contribution in [0.2, 0.25) is 0 Å². The lowest BCUT2D eigenvalue weighted by atomic mass is 9.85. The van der Waals surface area contributed by atoms with Crippen molar-refractivity contribution in [1.29, 1.82) is 0 Å². The van der Waals surface area contributed by atoms with E-state index in [1.807, 2.05) is 0 Å². The molecule has 2 saturated heterocycles. The van der Waals surface area contributed by atoms with E-state index in [4.69, 9.17) is 9.26 Å². The molecule has 7 heteroatoms. The second-order valence-corrected chi connectivity index (χ2v) is 5.99. The Morgan fingerprint density at radius 2 is 2.33 bits per heavy atom. The lowest BCUT2D eigenvalue weighted by molar-refractivity contribution is -0.100. The molecule has 2 fully saturated rings. The molecule has 0 aromatic heterocycles. The second-order valence-electron chi connectivity index (χ2n) is 3.98. The zero-order valence-corrected chi connectivity index (χ0v) is 10.4. The number of rotatable bonds is 3. The first-order chi connectivity index (χ1) is 6.61. The number of hydrogen-bond donors (Lipinski definition) is 2. The third-order valence-electron chi connectivity index (χ3n) is 3.01. The third kappa shape index (κ3) is 2.23. The van der Waals surface area contributed by atoms with Crippen molar-refractivity contribution < 1.29 is 18.7 Å². The van der Waals surface area contributed by atoms with E-state index in [1.54, 1.807) is 6.92 Å². The van der Waals surface area contributed by atoms with Crippen LogP contribution >= 0.6 is 20.0 Å². The summed E-state index contributed by atoms with van der Waals surface area (Å²) in [5.41, 5.74) is -0.455. The molecule has 2 unspecified atom stereocenters. The van der Waals surface area contributed by atoms with Gasteiger partial charge < -0.3 is 19.5 Å². The average Bonchev–Trinajstić information content (AvgIpc) is 2.46. The van der Waals surface area contributed by atoms with E-state index in [9.17, 15) is 9.46 Å². The topological polar surface area (TPSA) is 67.8 Å². The quantitative estimate of drug-likeness (QED) is 0.726. The maximum absolute atomic E-state index is 11.9. The first kappa shape index (κ1) is 13.4. The van der Waals surface area contributed by atoms with Crippen molar-refractivity contribution in [1.82, 2.24) is 5.32 Å². The summed E-state index contributed by atoms with van der Waals surface area (Å²) < 4.78 is 22.0. The van der Waals surface area contributed by atoms with E-state index in [2.05, 4.69) is 5.32 Å². The maximum atomic E-state index is 11.9. The molecule has 2 heterocycles. The van der Waals surface area contributed by atoms with Crippen LogP contribution in [0.3, 0.4) is 0 Å². The van der Waals surface area contributed by atoms with Crippen LogP contribution in [0.15, 0.2) is 0 Å². The summed E-state index contributed by atoms with van der Waals surface area (Å²) in [7, 11) is -3.47. The summed E-state index contributed by atoms with van der Waals surface area (Å²) >= 11 is 0. The van der Waals surface area contributed by atoms with Crippen molar-refractivity contribution in [3.05, 3.63) is 0 Å². The molecule has 0 aliphatic carbocycles. The predicted octanol–water partition coefficient (Wildman–Crippen LogP) is 0.619. The van der Waals surface area contributed by atoms with Gasteiger partial charge in [-0.1, -0.05) is 0 Å². The smallest absolute Gasteiger partial charge is 0.333 e. The van der Waals surface area contributed by atoms with Crippen LogP contribution in [-0.2, 0) is 13.8 Å². The Morgan fingerprint density at radius 3 is 2.80 bits per heavy atom. The molecule has 15 heavy (non-hydrogen) atoms. The zero-order chi connectivity index (χ0) is 10.2. The minimum absolute atomic E-state index is 0. The van der Waals surface area contributed by atoms with E-state index in [-0.39, 0.29) is 30.1 Å². The SMILES string of the molecule is CCOP(=O)(O)C1CNCC12COC2.Cl. The van der Waals surface area contributed by atoms with Gasteiger partial charge in [0, 0.05) is 18.5 Å². The Hall–Kier alpha value is 0.360. The van der Waals surface area contributed by atoms with Gasteiger partial charge in [0.05, 0.1) is 25.5 Å². The van der Waals surface area contributed by atoms with Crippen molar-refractivity contribution in [2.75, 3.05) is 32.9 Å². The Morgan fingerprint density at radius 1 is 1.67 bits per heavy atom. The maximum Gasteiger partial charge on any atom is 0.333 e. The number of hydrogen-bond acceptors (Lipinski definition) is 4. The molecule has 0 radical (unpaired) electrons. The summed E-state index contributed by atoms with van der Waals surface area (Å²) in [6, 6.07) is 0. The van der Waals surface area contributed by atoms with E-state index in [1.165, 1.54) is 0 Å². The van der Waals surface area contributed by atoms with Crippen LogP contribution in [0.4, 0.5) is 0 Å². The standard InChI is InChI=1S/C8H16NO4P.ClH/c1-2-13-14(10,11)7-3-9-4-8(7)5-12-6-8;/h7,9H,2-6H2,1H3,(H,10,11);1H. The molecule has 2 aliphatic heterocycles. The molecule has 0 aromatic rings. The lowest BCUT2D eigenvalue weighted by Gasteiger charge is -2.42. The molecule has 5 nitrogen and oxygen atoms in total. The van der Waals surface area contributed by atoms with Gasteiger partial charge in [0.15, 0.2) is 0 Å². The van der Waals surface area contributed by atoms with Crippen LogP contribution in [0, 0.1) is 5.41 Å². The highest BCUT2D eigenvalue weighted by Crippen LogP contribution is 2.57. The molecule has 2 N–H and O–H groups in total. The highest BCUT2D eigenvalue weighted by Gasteiger charge is 2.56. The van der Waals surface area contributed by atoms with E-state index >= 15 is 0 Å². The number of nitrogens with one attached hydrogen (secondary N) is 1. The summed E-state index contributed by atoms with van der Waals surface area (Å²) in [5.74, 6) is 0. The van der Waals surface area contributed by atoms with Crippen LogP contribution in [0.1, 0.15) is 6.92 Å². The Bertz CT molecular complexity index is 271. The average molecular weight is 258 g/mol. The normalized spacial score (nSPS) is 31.7. The molecule has 0 amide bonds. The Labute approximate surface area is 95.5 Å². The Kier molecular flexibility index (Phi) is 4.20. The molecular weight excluding hydrogens is 241 g/mol. The van der Waals surface area contributed by atoms with Gasteiger partial charge >= 0.3 is 7.60 Å². The van der Waals surface area contributed by atoms with E-state index < -0.39 is 7.60 Å². The molecule has 0 saturated carbocycles. The first-order valence-corrected chi connectivity index (χ1v) is 6.51. The van der Waals surface area contributed by atoms with Gasteiger partial charge in [-0.15, -0.1) is 12.4 Å². The molecule has 2 atom stereocenters. The van der Waals surface area contributed by atoms with Crippen LogP contribution in [-0.4, -0.2) is 43.5 Å². The van der Waals surface area contributed by atoms with Crippen LogP contribution < -0.4 is 5.32 Å². The summed E-state index contributed by atoms with van der Waals surface area (Å²) in [5, 5.41) is 3.14. The lowest BCUT2D eigenvalue weighted by Crippen LogP contribution is -2.51. The van der Waals surface area contributed by atoms with Crippen molar-refractivity contribution in [3.63, 3.8) is 0 Å². The monoisotopic (exact) mass is 257 g/mol. The minimum Gasteiger partial charge on any atom is -0.380 e. The summed E-state index contributed by atoms with van der Waals surface area (Å²) in [6.45, 7) is 4.47. The highest BCUT2D eigenvalue weighted by atomic mass is 35.5. The Balaban J connectivity index is 0.00000112. The summed E-state index contributed by atoms with van der Waals surface area (Å²) in [4.78, 5) is 9.75. The fourth-order valence-corrected chi connectivity index (χ4v) is 4.03. The van der Waals surface area contributed by atoms with Gasteiger partial charge in [-0.05, 0) is 6.92 Å². The molecule has 0 bridgehead atoms. The fourth-order valence-electron chi connectivity index (χ4n) is 2.19. The van der Waals surface area contributed by atoms with Crippen molar-refractivity contribution in [2.45, 2.75) is 12.6 Å². The van der Waals surface area contributed by atoms with Gasteiger partial charge in [-0.3, -0.25) is 4.57 Å². The van der Waals surface area contributed by atoms with Gasteiger partial charge in [0.25, 0.3) is 0 Å². The largest absolute Gasteiger partial charge is 0.380 e. The number of ether oxygens (including phenoxy) is 1. The van der Waals surface area contributed by atoms with Gasteiger partial charge in [-0.25, -0.2) is 0 Å². The number of halogens is 1. The molecule has 2 aliphatic rings. The van der Waals surface area contributed by atoms with E-state index in [0.717, 1.165) is 6.54 Å². The van der Waals surface area contributed by atoms with Crippen molar-refractivity contribution in [3.8, 4) is 0 Å². The third-order valence-corrected chi connectivity index (χ3v) is 5.15. The van der Waals surface area contributed by atoms with Crippen molar-refractivity contribution in [2.24, 2.45) is 5.41 Å². The fraction of sp³-hybridized carbons (Fsp3) is 1.00. The molecule has 0 aromatic carbocycles. The minimum atomic E-state index is -3.47. The first-order valence-electron chi connectivity index (χ1n) is 4.86. The zero-order valence-electron chi connectivity index (χ0n) is 8.64. The highest BCUT2D eigenvalue weighted by molar-refractivity contribution is 7.53. The van der Waals surface area contributed by atoms with Gasteiger partial charge in [0.1, 0.15) is 0 Å². The predicted molar refractivity (Wildman–Crippen MR) is 58.6 cm³/mol. The van der Waals surface area contributed by atoms with Gasteiger partial charge in [0.2, 0.25) is 0 Å². The molecule has 1 spiro atoms. The summed E-state index contributed by atoms with van der Waals surface area (Å²) in [6.07, 6.45) is 0. The second kappa shape index (κ2) is 4.70.